The van der Waals surface area contributed by atoms with Crippen LogP contribution in [0.3, 0.4) is 0 Å². The van der Waals surface area contributed by atoms with Crippen LogP contribution in [0.25, 0.3) is 0 Å². The van der Waals surface area contributed by atoms with Crippen molar-refractivity contribution in [2.75, 3.05) is 13.2 Å². The predicted molar refractivity (Wildman–Crippen MR) is 61.1 cm³/mol. The van der Waals surface area contributed by atoms with E-state index in [1.54, 1.807) is 0 Å². The lowest BCUT2D eigenvalue weighted by atomic mass is 10.1. The highest BCUT2D eigenvalue weighted by atomic mass is 16.4. The normalized spacial score (nSPS) is 11.8. The third-order valence-electron chi connectivity index (χ3n) is 2.31. The summed E-state index contributed by atoms with van der Waals surface area (Å²) in [5.41, 5.74) is 0. The van der Waals surface area contributed by atoms with E-state index in [0.717, 1.165) is 19.3 Å². The quantitative estimate of drug-likeness (QED) is 0.387. The number of rotatable bonds is 9. The number of hydrogen-bond acceptors (Lipinski definition) is 3. The molecular formula is C10H20N2O5. The van der Waals surface area contributed by atoms with E-state index >= 15 is 0 Å². The van der Waals surface area contributed by atoms with Gasteiger partial charge in [0.15, 0.2) is 0 Å². The van der Waals surface area contributed by atoms with Gasteiger partial charge in [0.1, 0.15) is 0 Å². The lowest BCUT2D eigenvalue weighted by Crippen LogP contribution is -2.34. The molecule has 0 radical (unpaired) electrons. The molecule has 7 heteroatoms. The standard InChI is InChI=1S/C10H20N2O5/c13-7-5-8(12-10(16)17)4-2-1-3-6-11-9(14)15/h8,11-13H,1-7H2,(H,14,15)(H,16,17). The molecule has 0 aliphatic heterocycles. The zero-order valence-corrected chi connectivity index (χ0v) is 9.69. The third kappa shape index (κ3) is 10.8. The molecule has 0 aliphatic rings. The van der Waals surface area contributed by atoms with Gasteiger partial charge in [-0.1, -0.05) is 12.8 Å². The summed E-state index contributed by atoms with van der Waals surface area (Å²) >= 11 is 0. The van der Waals surface area contributed by atoms with Crippen molar-refractivity contribution in [2.45, 2.75) is 38.1 Å². The Balaban J connectivity index is 3.53. The summed E-state index contributed by atoms with van der Waals surface area (Å²) in [5, 5.41) is 30.2. The fourth-order valence-corrected chi connectivity index (χ4v) is 1.51. The summed E-state index contributed by atoms with van der Waals surface area (Å²) in [6.45, 7) is 0.359. The minimum atomic E-state index is -1.09. The Morgan fingerprint density at radius 3 is 2.24 bits per heavy atom. The molecule has 0 heterocycles. The number of carboxylic acid groups (broad SMARTS) is 2. The summed E-state index contributed by atoms with van der Waals surface area (Å²) in [6, 6.07) is -0.232. The summed E-state index contributed by atoms with van der Waals surface area (Å²) < 4.78 is 0. The van der Waals surface area contributed by atoms with Gasteiger partial charge in [-0.3, -0.25) is 0 Å². The Morgan fingerprint density at radius 1 is 1.00 bits per heavy atom. The number of nitrogens with one attached hydrogen (secondary N) is 2. The zero-order valence-electron chi connectivity index (χ0n) is 9.69. The molecule has 1 atom stereocenters. The fourth-order valence-electron chi connectivity index (χ4n) is 1.51. The highest BCUT2D eigenvalue weighted by Crippen LogP contribution is 2.06. The van der Waals surface area contributed by atoms with E-state index in [4.69, 9.17) is 15.3 Å². The molecule has 0 aromatic rings. The number of carbonyl (C=O) groups is 2. The van der Waals surface area contributed by atoms with E-state index < -0.39 is 12.2 Å². The van der Waals surface area contributed by atoms with Crippen molar-refractivity contribution in [2.24, 2.45) is 0 Å². The summed E-state index contributed by atoms with van der Waals surface area (Å²) in [7, 11) is 0. The first-order valence-electron chi connectivity index (χ1n) is 5.63. The van der Waals surface area contributed by atoms with Gasteiger partial charge in [-0.2, -0.15) is 0 Å². The van der Waals surface area contributed by atoms with Gasteiger partial charge in [0.2, 0.25) is 0 Å². The molecule has 5 N–H and O–H groups in total. The predicted octanol–water partition coefficient (Wildman–Crippen LogP) is 0.833. The average Bonchev–Trinajstić information content (AvgIpc) is 2.22. The molecule has 0 aromatic carbocycles. The SMILES string of the molecule is O=C(O)NCCCCCC(CCO)NC(=O)O. The topological polar surface area (TPSA) is 119 Å². The van der Waals surface area contributed by atoms with E-state index in [1.807, 2.05) is 0 Å². The minimum absolute atomic E-state index is 0.0501. The van der Waals surface area contributed by atoms with Crippen LogP contribution in [0.15, 0.2) is 0 Å². The Bertz CT molecular complexity index is 235. The maximum Gasteiger partial charge on any atom is 0.404 e. The Kier molecular flexibility index (Phi) is 8.85. The van der Waals surface area contributed by atoms with Crippen LogP contribution >= 0.6 is 0 Å². The van der Waals surface area contributed by atoms with Gasteiger partial charge in [-0.05, 0) is 19.3 Å². The van der Waals surface area contributed by atoms with Crippen LogP contribution in [0.5, 0.6) is 0 Å². The molecule has 17 heavy (non-hydrogen) atoms. The second kappa shape index (κ2) is 9.71. The van der Waals surface area contributed by atoms with Gasteiger partial charge in [0.05, 0.1) is 0 Å². The molecule has 0 aromatic heterocycles. The van der Waals surface area contributed by atoms with Crippen LogP contribution in [-0.4, -0.2) is 46.7 Å². The number of unbranched alkanes of at least 4 members (excludes halogenated alkanes) is 2. The van der Waals surface area contributed by atoms with Gasteiger partial charge in [0, 0.05) is 19.2 Å². The van der Waals surface area contributed by atoms with Gasteiger partial charge in [0.25, 0.3) is 0 Å². The van der Waals surface area contributed by atoms with Crippen LogP contribution in [0.1, 0.15) is 32.1 Å². The number of aliphatic hydroxyl groups is 1. The third-order valence-corrected chi connectivity index (χ3v) is 2.31. The summed E-state index contributed by atoms with van der Waals surface area (Å²) in [5.74, 6) is 0. The molecule has 0 aliphatic carbocycles. The van der Waals surface area contributed by atoms with Crippen molar-refractivity contribution in [3.8, 4) is 0 Å². The van der Waals surface area contributed by atoms with Crippen LogP contribution in [0, 0.1) is 0 Å². The smallest absolute Gasteiger partial charge is 0.404 e. The zero-order chi connectivity index (χ0) is 13.1. The molecule has 100 valence electrons. The second-order valence-electron chi connectivity index (χ2n) is 3.74. The van der Waals surface area contributed by atoms with Crippen molar-refractivity contribution in [3.63, 3.8) is 0 Å². The maximum absolute atomic E-state index is 10.4. The Morgan fingerprint density at radius 2 is 1.71 bits per heavy atom. The minimum Gasteiger partial charge on any atom is -0.465 e. The van der Waals surface area contributed by atoms with Crippen molar-refractivity contribution < 1.29 is 24.9 Å². The first-order valence-corrected chi connectivity index (χ1v) is 5.63. The molecular weight excluding hydrogens is 228 g/mol. The van der Waals surface area contributed by atoms with Crippen LogP contribution < -0.4 is 10.6 Å². The monoisotopic (exact) mass is 248 g/mol. The second-order valence-corrected chi connectivity index (χ2v) is 3.74. The molecule has 1 unspecified atom stereocenters. The number of aliphatic hydroxyl groups excluding tert-OH is 1. The molecule has 0 saturated heterocycles. The van der Waals surface area contributed by atoms with E-state index in [9.17, 15) is 9.59 Å². The molecule has 0 bridgehead atoms. The lowest BCUT2D eigenvalue weighted by molar-refractivity contribution is 0.183. The van der Waals surface area contributed by atoms with E-state index in [-0.39, 0.29) is 12.6 Å². The van der Waals surface area contributed by atoms with Crippen molar-refractivity contribution in [1.82, 2.24) is 10.6 Å². The van der Waals surface area contributed by atoms with Crippen molar-refractivity contribution in [1.29, 1.82) is 0 Å². The number of amides is 2. The van der Waals surface area contributed by atoms with E-state index in [2.05, 4.69) is 10.6 Å². The first kappa shape index (κ1) is 15.5. The Labute approximate surface area is 99.8 Å². The molecule has 0 saturated carbocycles. The summed E-state index contributed by atoms with van der Waals surface area (Å²) in [6.07, 6.45) is 1.28. The molecule has 2 amide bonds. The largest absolute Gasteiger partial charge is 0.465 e. The van der Waals surface area contributed by atoms with Crippen molar-refractivity contribution >= 4 is 12.2 Å². The molecule has 0 rings (SSSR count). The highest BCUT2D eigenvalue weighted by molar-refractivity contribution is 5.64. The molecule has 0 spiro atoms. The van der Waals surface area contributed by atoms with Gasteiger partial charge < -0.3 is 26.0 Å². The molecule has 7 nitrogen and oxygen atoms in total. The fraction of sp³-hybridized carbons (Fsp3) is 0.800. The highest BCUT2D eigenvalue weighted by Gasteiger charge is 2.10. The van der Waals surface area contributed by atoms with Gasteiger partial charge in [-0.15, -0.1) is 0 Å². The van der Waals surface area contributed by atoms with Crippen LogP contribution in [0.2, 0.25) is 0 Å². The maximum atomic E-state index is 10.4. The summed E-state index contributed by atoms with van der Waals surface area (Å²) in [4.78, 5) is 20.6. The molecule has 0 fully saturated rings. The lowest BCUT2D eigenvalue weighted by Gasteiger charge is -2.15. The number of hydrogen-bond donors (Lipinski definition) is 5. The Hall–Kier alpha value is -1.50. The average molecular weight is 248 g/mol. The van der Waals surface area contributed by atoms with E-state index in [1.165, 1.54) is 0 Å². The van der Waals surface area contributed by atoms with Crippen LogP contribution in [0.4, 0.5) is 9.59 Å². The van der Waals surface area contributed by atoms with Crippen LogP contribution in [-0.2, 0) is 0 Å². The van der Waals surface area contributed by atoms with Gasteiger partial charge in [-0.25, -0.2) is 9.59 Å². The first-order chi connectivity index (χ1) is 8.06. The van der Waals surface area contributed by atoms with Gasteiger partial charge >= 0.3 is 12.2 Å². The van der Waals surface area contributed by atoms with E-state index in [0.29, 0.717) is 19.4 Å². The van der Waals surface area contributed by atoms with Crippen molar-refractivity contribution in [3.05, 3.63) is 0 Å².